The van der Waals surface area contributed by atoms with Crippen LogP contribution in [-0.2, 0) is 14.6 Å². The second-order valence-corrected chi connectivity index (χ2v) is 9.54. The van der Waals surface area contributed by atoms with Crippen molar-refractivity contribution in [1.29, 1.82) is 0 Å². The molecule has 0 saturated carbocycles. The largest absolute Gasteiger partial charge is 0.481 e. The van der Waals surface area contributed by atoms with Gasteiger partial charge in [0.2, 0.25) is 0 Å². The molecule has 26 heavy (non-hydrogen) atoms. The van der Waals surface area contributed by atoms with Crippen LogP contribution in [0.25, 0.3) is 0 Å². The molecule has 0 saturated heterocycles. The van der Waals surface area contributed by atoms with Crippen LogP contribution in [0.1, 0.15) is 90.4 Å². The molecule has 0 aromatic rings. The summed E-state index contributed by atoms with van der Waals surface area (Å²) in [7, 11) is -3.32. The topological polar surface area (TPSA) is 112 Å². The predicted molar refractivity (Wildman–Crippen MR) is 104 cm³/mol. The minimum atomic E-state index is -3.32. The van der Waals surface area contributed by atoms with E-state index >= 15 is 0 Å². The molecule has 6 nitrogen and oxygen atoms in total. The molecule has 2 atom stereocenters. The molecule has 0 heterocycles. The van der Waals surface area contributed by atoms with E-state index in [4.69, 9.17) is 10.2 Å². The second kappa shape index (κ2) is 15.4. The summed E-state index contributed by atoms with van der Waals surface area (Å²) in [6.07, 6.45) is 9.09. The lowest BCUT2D eigenvalue weighted by molar-refractivity contribution is -0.137. The molecular weight excluding hydrogens is 356 g/mol. The van der Waals surface area contributed by atoms with E-state index < -0.39 is 21.1 Å². The highest BCUT2D eigenvalue weighted by Crippen LogP contribution is 2.20. The van der Waals surface area contributed by atoms with Gasteiger partial charge in [-0.2, -0.15) is 0 Å². The van der Waals surface area contributed by atoms with Crippen molar-refractivity contribution in [3.63, 3.8) is 0 Å². The number of rotatable bonds is 18. The van der Waals surface area contributed by atoms with E-state index in [1.165, 1.54) is 0 Å². The minimum Gasteiger partial charge on any atom is -0.481 e. The van der Waals surface area contributed by atoms with E-state index in [9.17, 15) is 18.3 Å². The van der Waals surface area contributed by atoms with Gasteiger partial charge in [-0.25, -0.2) is 8.42 Å². The number of aliphatic carboxylic acids is 1. The number of sulfone groups is 1. The summed E-state index contributed by atoms with van der Waals surface area (Å²) in [6, 6.07) is 0. The van der Waals surface area contributed by atoms with E-state index in [1.807, 2.05) is 0 Å². The van der Waals surface area contributed by atoms with Crippen molar-refractivity contribution >= 4 is 15.8 Å². The summed E-state index contributed by atoms with van der Waals surface area (Å²) in [6.45, 7) is 1.75. The van der Waals surface area contributed by atoms with Gasteiger partial charge in [0.25, 0.3) is 0 Å². The Kier molecular flexibility index (Phi) is 15.0. The molecular formula is C19H38O6S. The van der Waals surface area contributed by atoms with Gasteiger partial charge >= 0.3 is 5.97 Å². The number of carboxylic acid groups (broad SMARTS) is 1. The highest BCUT2D eigenvalue weighted by atomic mass is 32.2. The third kappa shape index (κ3) is 13.5. The summed E-state index contributed by atoms with van der Waals surface area (Å²) in [5.41, 5.74) is 0. The highest BCUT2D eigenvalue weighted by molar-refractivity contribution is 7.92. The van der Waals surface area contributed by atoms with E-state index in [0.717, 1.165) is 44.9 Å². The van der Waals surface area contributed by atoms with Gasteiger partial charge in [-0.1, -0.05) is 45.4 Å². The average Bonchev–Trinajstić information content (AvgIpc) is 2.56. The molecule has 0 aliphatic rings. The summed E-state index contributed by atoms with van der Waals surface area (Å²) < 4.78 is 24.7. The first-order valence-corrected chi connectivity index (χ1v) is 11.8. The second-order valence-electron chi connectivity index (χ2n) is 7.14. The van der Waals surface area contributed by atoms with E-state index in [1.54, 1.807) is 0 Å². The number of aliphatic hydroxyl groups excluding tert-OH is 2. The highest BCUT2D eigenvalue weighted by Gasteiger charge is 2.24. The number of hydrogen-bond acceptors (Lipinski definition) is 5. The maximum atomic E-state index is 12.3. The third-order valence-corrected chi connectivity index (χ3v) is 6.99. The standard InChI is InChI=1S/C19H38O6S/c1-2-3-6-10-17(21)11-9-13-18(26(24,25)16-15-20)12-7-4-5-8-14-19(22)23/h17-18,20-21H,2-16H2,1H3,(H,22,23)/t17-,18+/m0/s1. The SMILES string of the molecule is CCCCC[C@H](O)CCC[C@@H](CCCCCCC(=O)O)S(=O)(=O)CCO. The Morgan fingerprint density at radius 2 is 1.46 bits per heavy atom. The molecule has 0 unspecified atom stereocenters. The van der Waals surface area contributed by atoms with Crippen LogP contribution >= 0.6 is 0 Å². The van der Waals surface area contributed by atoms with Gasteiger partial charge in [0.15, 0.2) is 9.84 Å². The van der Waals surface area contributed by atoms with Gasteiger partial charge in [-0.15, -0.1) is 0 Å². The van der Waals surface area contributed by atoms with Crippen LogP contribution in [0.2, 0.25) is 0 Å². The van der Waals surface area contributed by atoms with Crippen molar-refractivity contribution in [3.05, 3.63) is 0 Å². The first-order valence-electron chi connectivity index (χ1n) is 10.1. The molecule has 0 bridgehead atoms. The zero-order valence-corrected chi connectivity index (χ0v) is 17.1. The maximum Gasteiger partial charge on any atom is 0.303 e. The Balaban J connectivity index is 4.25. The van der Waals surface area contributed by atoms with Gasteiger partial charge in [0.1, 0.15) is 0 Å². The number of hydrogen-bond donors (Lipinski definition) is 3. The average molecular weight is 395 g/mol. The summed E-state index contributed by atoms with van der Waals surface area (Å²) in [5.74, 6) is -1.01. The number of carboxylic acids is 1. The smallest absolute Gasteiger partial charge is 0.303 e. The zero-order valence-electron chi connectivity index (χ0n) is 16.2. The number of aliphatic hydroxyl groups is 2. The van der Waals surface area contributed by atoms with Gasteiger partial charge in [0, 0.05) is 6.42 Å². The first kappa shape index (κ1) is 25.3. The molecule has 7 heteroatoms. The van der Waals surface area contributed by atoms with Gasteiger partial charge < -0.3 is 15.3 Å². The number of carbonyl (C=O) groups is 1. The van der Waals surface area contributed by atoms with Crippen molar-refractivity contribution in [3.8, 4) is 0 Å². The first-order chi connectivity index (χ1) is 12.3. The lowest BCUT2D eigenvalue weighted by Crippen LogP contribution is -2.26. The van der Waals surface area contributed by atoms with Crippen LogP contribution in [0.5, 0.6) is 0 Å². The van der Waals surface area contributed by atoms with Crippen LogP contribution in [0, 0.1) is 0 Å². The summed E-state index contributed by atoms with van der Waals surface area (Å²) >= 11 is 0. The van der Waals surface area contributed by atoms with E-state index in [2.05, 4.69) is 6.92 Å². The van der Waals surface area contributed by atoms with Crippen LogP contribution in [-0.4, -0.2) is 53.4 Å². The van der Waals surface area contributed by atoms with Gasteiger partial charge in [0.05, 0.1) is 23.7 Å². The normalized spacial score (nSPS) is 14.3. The fraction of sp³-hybridized carbons (Fsp3) is 0.947. The Morgan fingerprint density at radius 1 is 0.885 bits per heavy atom. The molecule has 0 amide bonds. The lowest BCUT2D eigenvalue weighted by atomic mass is 10.0. The van der Waals surface area contributed by atoms with Crippen molar-refractivity contribution in [2.24, 2.45) is 0 Å². The molecule has 0 aromatic carbocycles. The van der Waals surface area contributed by atoms with Gasteiger partial charge in [-0.3, -0.25) is 4.79 Å². The molecule has 0 spiro atoms. The fourth-order valence-corrected chi connectivity index (χ4v) is 4.79. The monoisotopic (exact) mass is 394 g/mol. The molecule has 0 aliphatic carbocycles. The van der Waals surface area contributed by atoms with Crippen LogP contribution in [0.15, 0.2) is 0 Å². The Hall–Kier alpha value is -0.660. The van der Waals surface area contributed by atoms with Crippen molar-refractivity contribution < 1.29 is 28.5 Å². The zero-order chi connectivity index (χ0) is 19.8. The third-order valence-electron chi connectivity index (χ3n) is 4.75. The molecule has 3 N–H and O–H groups in total. The van der Waals surface area contributed by atoms with E-state index in [0.29, 0.717) is 32.1 Å². The lowest BCUT2D eigenvalue weighted by Gasteiger charge is -2.18. The van der Waals surface area contributed by atoms with Gasteiger partial charge in [-0.05, 0) is 38.5 Å². The summed E-state index contributed by atoms with van der Waals surface area (Å²) in [5, 5.41) is 27.1. The maximum absolute atomic E-state index is 12.3. The molecule has 0 aromatic heterocycles. The van der Waals surface area contributed by atoms with Crippen molar-refractivity contribution in [2.45, 2.75) is 102 Å². The molecule has 0 rings (SSSR count). The molecule has 0 radical (unpaired) electrons. The quantitative estimate of drug-likeness (QED) is 0.308. The Bertz CT molecular complexity index is 449. The van der Waals surface area contributed by atoms with Crippen LogP contribution in [0.3, 0.4) is 0 Å². The molecule has 156 valence electrons. The van der Waals surface area contributed by atoms with Crippen LogP contribution < -0.4 is 0 Å². The van der Waals surface area contributed by atoms with Crippen molar-refractivity contribution in [1.82, 2.24) is 0 Å². The van der Waals surface area contributed by atoms with E-state index in [-0.39, 0.29) is 24.9 Å². The Morgan fingerprint density at radius 3 is 2.08 bits per heavy atom. The Labute approximate surface area is 158 Å². The molecule has 0 aliphatic heterocycles. The minimum absolute atomic E-state index is 0.155. The number of unbranched alkanes of at least 4 members (excludes halogenated alkanes) is 5. The molecule has 0 fully saturated rings. The fourth-order valence-electron chi connectivity index (χ4n) is 3.15. The summed E-state index contributed by atoms with van der Waals surface area (Å²) in [4.78, 5) is 10.5. The van der Waals surface area contributed by atoms with Crippen LogP contribution in [0.4, 0.5) is 0 Å². The predicted octanol–water partition coefficient (Wildman–Crippen LogP) is 3.30. The van der Waals surface area contributed by atoms with Crippen molar-refractivity contribution in [2.75, 3.05) is 12.4 Å².